The SMILES string of the molecule is C/[C](=C\c1ccccc1)[Sn]([CH3])([CH3])[CH3]. The maximum absolute atomic E-state index is 2.45. The first kappa shape index (κ1) is 10.8. The van der Waals surface area contributed by atoms with Crippen LogP contribution in [0.15, 0.2) is 33.9 Å². The molecule has 0 N–H and O–H groups in total. The summed E-state index contributed by atoms with van der Waals surface area (Å²) in [7, 11) is 0. The van der Waals surface area contributed by atoms with Crippen molar-refractivity contribution in [3.05, 3.63) is 39.5 Å². The summed E-state index contributed by atoms with van der Waals surface area (Å²) in [5.41, 5.74) is 1.34. The number of benzene rings is 1. The zero-order chi connectivity index (χ0) is 9.90. The Morgan fingerprint density at radius 2 is 1.62 bits per heavy atom. The van der Waals surface area contributed by atoms with Gasteiger partial charge in [-0.1, -0.05) is 0 Å². The van der Waals surface area contributed by atoms with E-state index < -0.39 is 18.4 Å². The standard InChI is InChI=1S/C9H9.3CH3.Sn/c1-2-6-9-7-4-3-5-8-9;;;;/h3-8H,1H3;3*1H3;. The van der Waals surface area contributed by atoms with Crippen molar-refractivity contribution in [2.75, 3.05) is 0 Å². The molecule has 1 aromatic rings. The van der Waals surface area contributed by atoms with Crippen molar-refractivity contribution in [3.8, 4) is 0 Å². The van der Waals surface area contributed by atoms with E-state index in [1.807, 2.05) is 0 Å². The summed E-state index contributed by atoms with van der Waals surface area (Å²) in [4.78, 5) is 7.34. The molecular formula is C12H18Sn. The van der Waals surface area contributed by atoms with E-state index in [1.54, 1.807) is 3.59 Å². The summed E-state index contributed by atoms with van der Waals surface area (Å²) < 4.78 is 1.63. The van der Waals surface area contributed by atoms with Crippen LogP contribution >= 0.6 is 0 Å². The molecule has 0 fully saturated rings. The quantitative estimate of drug-likeness (QED) is 0.719. The van der Waals surface area contributed by atoms with Gasteiger partial charge in [-0.15, -0.1) is 0 Å². The number of hydrogen-bond donors (Lipinski definition) is 0. The minimum atomic E-state index is -1.78. The monoisotopic (exact) mass is 282 g/mol. The predicted molar refractivity (Wildman–Crippen MR) is 63.4 cm³/mol. The Labute approximate surface area is 85.5 Å². The number of rotatable bonds is 2. The van der Waals surface area contributed by atoms with E-state index >= 15 is 0 Å². The third-order valence-corrected chi connectivity index (χ3v) is 9.53. The molecule has 1 rings (SSSR count). The van der Waals surface area contributed by atoms with Crippen LogP contribution < -0.4 is 0 Å². The van der Waals surface area contributed by atoms with Crippen molar-refractivity contribution >= 4 is 24.5 Å². The molecule has 0 unspecified atom stereocenters. The van der Waals surface area contributed by atoms with E-state index in [2.05, 4.69) is 58.2 Å². The average Bonchev–Trinajstić information content (AvgIpc) is 2.04. The summed E-state index contributed by atoms with van der Waals surface area (Å²) in [5, 5.41) is 0. The van der Waals surface area contributed by atoms with Crippen LogP contribution in [0.3, 0.4) is 0 Å². The summed E-state index contributed by atoms with van der Waals surface area (Å²) in [5.74, 6) is 0. The molecule has 0 saturated heterocycles. The van der Waals surface area contributed by atoms with Gasteiger partial charge in [0.25, 0.3) is 0 Å². The van der Waals surface area contributed by atoms with E-state index in [0.717, 1.165) is 0 Å². The van der Waals surface area contributed by atoms with E-state index in [0.29, 0.717) is 0 Å². The maximum atomic E-state index is 2.45. The summed E-state index contributed by atoms with van der Waals surface area (Å²) in [6, 6.07) is 10.6. The normalized spacial score (nSPS) is 13.1. The second-order valence-corrected chi connectivity index (χ2v) is 19.6. The molecule has 0 aliphatic heterocycles. The molecular weight excluding hydrogens is 263 g/mol. The van der Waals surface area contributed by atoms with Gasteiger partial charge in [0.2, 0.25) is 0 Å². The van der Waals surface area contributed by atoms with Gasteiger partial charge in [-0.05, 0) is 0 Å². The van der Waals surface area contributed by atoms with Gasteiger partial charge in [-0.2, -0.15) is 0 Å². The van der Waals surface area contributed by atoms with Crippen LogP contribution in [0.5, 0.6) is 0 Å². The minimum absolute atomic E-state index is 1.34. The van der Waals surface area contributed by atoms with Gasteiger partial charge >= 0.3 is 85.7 Å². The topological polar surface area (TPSA) is 0 Å². The first-order valence-corrected chi connectivity index (χ1v) is 14.7. The van der Waals surface area contributed by atoms with Crippen LogP contribution in [-0.2, 0) is 0 Å². The fourth-order valence-corrected chi connectivity index (χ4v) is 2.73. The van der Waals surface area contributed by atoms with Crippen molar-refractivity contribution in [2.24, 2.45) is 0 Å². The first-order valence-electron chi connectivity index (χ1n) is 4.74. The van der Waals surface area contributed by atoms with E-state index in [1.165, 1.54) is 5.56 Å². The van der Waals surface area contributed by atoms with Crippen molar-refractivity contribution in [3.63, 3.8) is 0 Å². The molecule has 0 heterocycles. The summed E-state index contributed by atoms with van der Waals surface area (Å²) in [6.07, 6.45) is 2.34. The molecule has 0 saturated carbocycles. The molecule has 0 spiro atoms. The molecule has 70 valence electrons. The first-order chi connectivity index (χ1) is 6.00. The molecule has 0 aromatic heterocycles. The fraction of sp³-hybridized carbons (Fsp3) is 0.333. The van der Waals surface area contributed by atoms with E-state index in [-0.39, 0.29) is 0 Å². The molecule has 0 atom stereocenters. The van der Waals surface area contributed by atoms with Gasteiger partial charge < -0.3 is 0 Å². The number of allylic oxidation sites excluding steroid dienone is 1. The van der Waals surface area contributed by atoms with Gasteiger partial charge in [0.1, 0.15) is 0 Å². The van der Waals surface area contributed by atoms with E-state index in [4.69, 9.17) is 0 Å². The fourth-order valence-electron chi connectivity index (χ4n) is 1.02. The predicted octanol–water partition coefficient (Wildman–Crippen LogP) is 3.97. The molecule has 0 radical (unpaired) electrons. The molecule has 0 aliphatic rings. The Morgan fingerprint density at radius 1 is 1.08 bits per heavy atom. The van der Waals surface area contributed by atoms with Gasteiger partial charge in [-0.3, -0.25) is 0 Å². The van der Waals surface area contributed by atoms with Crippen molar-refractivity contribution in [2.45, 2.75) is 21.7 Å². The molecule has 1 heteroatoms. The van der Waals surface area contributed by atoms with Crippen LogP contribution in [0.4, 0.5) is 0 Å². The van der Waals surface area contributed by atoms with Crippen molar-refractivity contribution in [1.29, 1.82) is 0 Å². The van der Waals surface area contributed by atoms with Crippen LogP contribution in [-0.4, -0.2) is 18.4 Å². The molecule has 1 aromatic carbocycles. The Hall–Kier alpha value is -0.241. The van der Waals surface area contributed by atoms with Crippen molar-refractivity contribution in [1.82, 2.24) is 0 Å². The van der Waals surface area contributed by atoms with Crippen LogP contribution in [0.2, 0.25) is 14.8 Å². The Bertz CT molecular complexity index is 291. The molecule has 13 heavy (non-hydrogen) atoms. The van der Waals surface area contributed by atoms with E-state index in [9.17, 15) is 0 Å². The average molecular weight is 281 g/mol. The van der Waals surface area contributed by atoms with Crippen LogP contribution in [0.25, 0.3) is 6.08 Å². The molecule has 0 nitrogen and oxygen atoms in total. The van der Waals surface area contributed by atoms with Gasteiger partial charge in [0.15, 0.2) is 0 Å². The van der Waals surface area contributed by atoms with Crippen molar-refractivity contribution < 1.29 is 0 Å². The van der Waals surface area contributed by atoms with Crippen LogP contribution in [0, 0.1) is 0 Å². The zero-order valence-corrected chi connectivity index (χ0v) is 11.8. The Balaban J connectivity index is 2.90. The second-order valence-electron chi connectivity index (χ2n) is 4.49. The third-order valence-electron chi connectivity index (χ3n) is 2.37. The molecule has 0 amide bonds. The van der Waals surface area contributed by atoms with Gasteiger partial charge in [0.05, 0.1) is 0 Å². The molecule has 0 aliphatic carbocycles. The Morgan fingerprint density at radius 3 is 2.08 bits per heavy atom. The van der Waals surface area contributed by atoms with Crippen LogP contribution in [0.1, 0.15) is 12.5 Å². The third kappa shape index (κ3) is 3.55. The zero-order valence-electron chi connectivity index (χ0n) is 8.96. The van der Waals surface area contributed by atoms with Gasteiger partial charge in [-0.25, -0.2) is 0 Å². The number of hydrogen-bond acceptors (Lipinski definition) is 0. The Kier molecular flexibility index (Phi) is 3.60. The summed E-state index contributed by atoms with van der Waals surface area (Å²) in [6.45, 7) is 2.28. The van der Waals surface area contributed by atoms with Gasteiger partial charge in [0, 0.05) is 0 Å². The second kappa shape index (κ2) is 4.32. The summed E-state index contributed by atoms with van der Waals surface area (Å²) >= 11 is -1.78. The molecule has 0 bridgehead atoms.